The fourth-order valence-corrected chi connectivity index (χ4v) is 3.12. The van der Waals surface area contributed by atoms with Gasteiger partial charge in [0, 0.05) is 18.5 Å². The Morgan fingerprint density at radius 2 is 2.13 bits per heavy atom. The molecule has 2 atom stereocenters. The second kappa shape index (κ2) is 4.81. The molecule has 1 aliphatic rings. The van der Waals surface area contributed by atoms with E-state index in [2.05, 4.69) is 29.1 Å². The molecule has 1 fully saturated rings. The van der Waals surface area contributed by atoms with Gasteiger partial charge in [-0.2, -0.15) is 0 Å². The summed E-state index contributed by atoms with van der Waals surface area (Å²) in [5.74, 6) is 2.17. The smallest absolute Gasteiger partial charge is 0.107 e. The van der Waals surface area contributed by atoms with E-state index < -0.39 is 0 Å². The highest BCUT2D eigenvalue weighted by Gasteiger charge is 2.26. The van der Waals surface area contributed by atoms with E-state index in [0.29, 0.717) is 5.88 Å². The van der Waals surface area contributed by atoms with Crippen molar-refractivity contribution in [2.24, 2.45) is 11.8 Å². The predicted octanol–water partition coefficient (Wildman–Crippen LogP) is 2.97. The van der Waals surface area contributed by atoms with Gasteiger partial charge >= 0.3 is 0 Å². The van der Waals surface area contributed by atoms with Gasteiger partial charge in [-0.25, -0.2) is 4.98 Å². The molecule has 0 spiro atoms. The van der Waals surface area contributed by atoms with Gasteiger partial charge in [-0.15, -0.1) is 22.9 Å². The SMILES string of the molecule is CC1CN(Cc2nc(CCl)cs2)CC1C. The Hall–Kier alpha value is -0.120. The van der Waals surface area contributed by atoms with Crippen molar-refractivity contribution >= 4 is 22.9 Å². The van der Waals surface area contributed by atoms with Gasteiger partial charge in [-0.3, -0.25) is 4.90 Å². The van der Waals surface area contributed by atoms with Gasteiger partial charge in [0.05, 0.1) is 18.1 Å². The van der Waals surface area contributed by atoms with Gasteiger partial charge in [0.2, 0.25) is 0 Å². The lowest BCUT2D eigenvalue weighted by atomic mass is 10.0. The second-order valence-electron chi connectivity index (χ2n) is 4.51. The highest BCUT2D eigenvalue weighted by atomic mass is 35.5. The topological polar surface area (TPSA) is 16.1 Å². The number of rotatable bonds is 3. The molecule has 15 heavy (non-hydrogen) atoms. The third-order valence-electron chi connectivity index (χ3n) is 3.16. The number of hydrogen-bond donors (Lipinski definition) is 0. The molecule has 2 nitrogen and oxygen atoms in total. The van der Waals surface area contributed by atoms with Crippen molar-refractivity contribution in [3.05, 3.63) is 16.1 Å². The van der Waals surface area contributed by atoms with Crippen LogP contribution in [-0.4, -0.2) is 23.0 Å². The average Bonchev–Trinajstić information content (AvgIpc) is 2.76. The van der Waals surface area contributed by atoms with E-state index in [1.807, 2.05) is 0 Å². The highest BCUT2D eigenvalue weighted by molar-refractivity contribution is 7.09. The van der Waals surface area contributed by atoms with E-state index in [4.69, 9.17) is 11.6 Å². The van der Waals surface area contributed by atoms with Crippen LogP contribution in [0.1, 0.15) is 24.5 Å². The normalized spacial score (nSPS) is 27.4. The fourth-order valence-electron chi connectivity index (χ4n) is 2.05. The van der Waals surface area contributed by atoms with E-state index in [1.165, 1.54) is 18.1 Å². The van der Waals surface area contributed by atoms with Crippen molar-refractivity contribution in [3.63, 3.8) is 0 Å². The summed E-state index contributed by atoms with van der Waals surface area (Å²) in [6.07, 6.45) is 0. The first-order chi connectivity index (χ1) is 7.19. The van der Waals surface area contributed by atoms with Crippen LogP contribution in [0.3, 0.4) is 0 Å². The summed E-state index contributed by atoms with van der Waals surface area (Å²) in [4.78, 5) is 6.98. The maximum Gasteiger partial charge on any atom is 0.107 e. The number of aromatic nitrogens is 1. The molecule has 0 saturated carbocycles. The first kappa shape index (κ1) is 11.4. The van der Waals surface area contributed by atoms with E-state index in [9.17, 15) is 0 Å². The van der Waals surface area contributed by atoms with Gasteiger partial charge in [0.25, 0.3) is 0 Å². The zero-order valence-corrected chi connectivity index (χ0v) is 10.8. The fraction of sp³-hybridized carbons (Fsp3) is 0.727. The molecule has 0 bridgehead atoms. The summed E-state index contributed by atoms with van der Waals surface area (Å²) < 4.78 is 0. The molecule has 0 N–H and O–H groups in total. The van der Waals surface area contributed by atoms with Crippen LogP contribution in [0, 0.1) is 11.8 Å². The quantitative estimate of drug-likeness (QED) is 0.760. The molecule has 2 unspecified atom stereocenters. The molecule has 0 aromatic carbocycles. The predicted molar refractivity (Wildman–Crippen MR) is 65.3 cm³/mol. The lowest BCUT2D eigenvalue weighted by Crippen LogP contribution is -2.19. The molecule has 4 heteroatoms. The lowest BCUT2D eigenvalue weighted by molar-refractivity contribution is 0.315. The molecule has 2 rings (SSSR count). The molecule has 0 aliphatic carbocycles. The van der Waals surface area contributed by atoms with Crippen molar-refractivity contribution in [2.75, 3.05) is 13.1 Å². The zero-order chi connectivity index (χ0) is 10.8. The Morgan fingerprint density at radius 1 is 1.47 bits per heavy atom. The molecule has 1 aliphatic heterocycles. The summed E-state index contributed by atoms with van der Waals surface area (Å²) in [6.45, 7) is 8.07. The molecular weight excluding hydrogens is 228 g/mol. The van der Waals surface area contributed by atoms with Crippen LogP contribution in [-0.2, 0) is 12.4 Å². The lowest BCUT2D eigenvalue weighted by Gasteiger charge is -2.12. The number of nitrogens with zero attached hydrogens (tertiary/aromatic N) is 2. The van der Waals surface area contributed by atoms with Crippen molar-refractivity contribution in [1.82, 2.24) is 9.88 Å². The Kier molecular flexibility index (Phi) is 3.65. The zero-order valence-electron chi connectivity index (χ0n) is 9.24. The Bertz CT molecular complexity index is 316. The number of halogens is 1. The number of likely N-dealkylation sites (tertiary alicyclic amines) is 1. The molecule has 1 aromatic heterocycles. The van der Waals surface area contributed by atoms with Gasteiger partial charge in [-0.1, -0.05) is 13.8 Å². The number of alkyl halides is 1. The number of thiazole rings is 1. The third-order valence-corrected chi connectivity index (χ3v) is 4.32. The Morgan fingerprint density at radius 3 is 2.67 bits per heavy atom. The molecule has 0 amide bonds. The maximum absolute atomic E-state index is 5.73. The van der Waals surface area contributed by atoms with Crippen LogP contribution in [0.2, 0.25) is 0 Å². The van der Waals surface area contributed by atoms with Crippen LogP contribution >= 0.6 is 22.9 Å². The van der Waals surface area contributed by atoms with Crippen LogP contribution in [0.25, 0.3) is 0 Å². The molecule has 2 heterocycles. The minimum Gasteiger partial charge on any atom is -0.296 e. The summed E-state index contributed by atoms with van der Waals surface area (Å²) >= 11 is 7.46. The van der Waals surface area contributed by atoms with E-state index in [-0.39, 0.29) is 0 Å². The Balaban J connectivity index is 1.92. The van der Waals surface area contributed by atoms with E-state index in [1.54, 1.807) is 11.3 Å². The third kappa shape index (κ3) is 2.71. The van der Waals surface area contributed by atoms with Gasteiger partial charge < -0.3 is 0 Å². The van der Waals surface area contributed by atoms with Gasteiger partial charge in [0.1, 0.15) is 5.01 Å². The molecule has 1 aromatic rings. The first-order valence-corrected chi connectivity index (χ1v) is 6.82. The van der Waals surface area contributed by atoms with Crippen LogP contribution < -0.4 is 0 Å². The largest absolute Gasteiger partial charge is 0.296 e. The Labute approximate surface area is 100 Å². The summed E-state index contributed by atoms with van der Waals surface area (Å²) in [7, 11) is 0. The van der Waals surface area contributed by atoms with Crippen molar-refractivity contribution < 1.29 is 0 Å². The van der Waals surface area contributed by atoms with Crippen LogP contribution in [0.4, 0.5) is 0 Å². The minimum atomic E-state index is 0.531. The average molecular weight is 245 g/mol. The monoisotopic (exact) mass is 244 g/mol. The highest BCUT2D eigenvalue weighted by Crippen LogP contribution is 2.24. The van der Waals surface area contributed by atoms with Crippen LogP contribution in [0.15, 0.2) is 5.38 Å². The van der Waals surface area contributed by atoms with Crippen molar-refractivity contribution in [2.45, 2.75) is 26.3 Å². The summed E-state index contributed by atoms with van der Waals surface area (Å²) in [5, 5.41) is 3.26. The van der Waals surface area contributed by atoms with Crippen LogP contribution in [0.5, 0.6) is 0 Å². The molecular formula is C11H17ClN2S. The maximum atomic E-state index is 5.73. The van der Waals surface area contributed by atoms with Gasteiger partial charge in [0.15, 0.2) is 0 Å². The standard InChI is InChI=1S/C11H17ClN2S/c1-8-4-14(5-9(8)2)6-11-13-10(3-12)7-15-11/h7-9H,3-6H2,1-2H3. The van der Waals surface area contributed by atoms with E-state index in [0.717, 1.165) is 24.1 Å². The molecule has 1 saturated heterocycles. The second-order valence-corrected chi connectivity index (χ2v) is 5.72. The van der Waals surface area contributed by atoms with Crippen molar-refractivity contribution in [1.29, 1.82) is 0 Å². The van der Waals surface area contributed by atoms with E-state index >= 15 is 0 Å². The first-order valence-electron chi connectivity index (χ1n) is 5.40. The molecule has 0 radical (unpaired) electrons. The van der Waals surface area contributed by atoms with Crippen molar-refractivity contribution in [3.8, 4) is 0 Å². The summed E-state index contributed by atoms with van der Waals surface area (Å²) in [6, 6.07) is 0. The van der Waals surface area contributed by atoms with Gasteiger partial charge in [-0.05, 0) is 11.8 Å². The summed E-state index contributed by atoms with van der Waals surface area (Å²) in [5.41, 5.74) is 1.01. The number of hydrogen-bond acceptors (Lipinski definition) is 3. The molecule has 84 valence electrons. The minimum absolute atomic E-state index is 0.531.